The van der Waals surface area contributed by atoms with E-state index in [1.165, 1.54) is 31.4 Å². The normalized spacial score (nSPS) is 14.0. The van der Waals surface area contributed by atoms with Gasteiger partial charge >= 0.3 is 0 Å². The molecule has 20 heavy (non-hydrogen) atoms. The van der Waals surface area contributed by atoms with Crippen LogP contribution >= 0.6 is 0 Å². The van der Waals surface area contributed by atoms with Crippen molar-refractivity contribution in [3.05, 3.63) is 29.8 Å². The Labute approximate surface area is 124 Å². The Balaban J connectivity index is 2.36. The minimum atomic E-state index is -3.82. The van der Waals surface area contributed by atoms with Crippen LogP contribution in [0.2, 0.25) is 0 Å². The molecule has 4 heteroatoms. The Morgan fingerprint density at radius 1 is 1.00 bits per heavy atom. The molecule has 1 aromatic rings. The van der Waals surface area contributed by atoms with Gasteiger partial charge in [-0.15, -0.1) is 0 Å². The Bertz CT molecular complexity index is 497. The lowest BCUT2D eigenvalue weighted by Crippen LogP contribution is -2.07. The third-order valence-electron chi connectivity index (χ3n) is 3.18. The minimum absolute atomic E-state index is 0.119. The lowest BCUT2D eigenvalue weighted by Gasteiger charge is -2.06. The van der Waals surface area contributed by atoms with Gasteiger partial charge in [0.1, 0.15) is 0 Å². The largest absolute Gasteiger partial charge is 0.296 e. The molecule has 1 unspecified atom stereocenters. The molecule has 0 amide bonds. The fraction of sp³-hybridized carbons (Fsp3) is 0.625. The Hall–Kier alpha value is -0.870. The van der Waals surface area contributed by atoms with Crippen molar-refractivity contribution in [3.63, 3.8) is 0 Å². The van der Waals surface area contributed by atoms with Gasteiger partial charge in [0.05, 0.1) is 12.8 Å². The third-order valence-corrected chi connectivity index (χ3v) is 4.42. The van der Waals surface area contributed by atoms with Crippen LogP contribution in [0.15, 0.2) is 29.2 Å². The highest BCUT2D eigenvalue weighted by Crippen LogP contribution is 2.14. The summed E-state index contributed by atoms with van der Waals surface area (Å²) in [5.74, 6) is 0. The second kappa shape index (κ2) is 9.14. The van der Waals surface area contributed by atoms with Crippen LogP contribution in [0.25, 0.3) is 0 Å². The molecule has 1 atom stereocenters. The summed E-state index contributed by atoms with van der Waals surface area (Å²) in [6.45, 7) is 3.05. The maximum atomic E-state index is 12.0. The molecule has 0 fully saturated rings. The number of unbranched alkanes of at least 4 members (excludes halogenated alkanes) is 5. The van der Waals surface area contributed by atoms with Gasteiger partial charge in [0.25, 0.3) is 10.1 Å². The van der Waals surface area contributed by atoms with Crippen LogP contribution in [0.4, 0.5) is 0 Å². The second-order valence-corrected chi connectivity index (χ2v) is 6.66. The van der Waals surface area contributed by atoms with Crippen molar-refractivity contribution < 1.29 is 14.0 Å². The zero-order valence-corrected chi connectivity index (χ0v) is 13.3. The molecule has 1 rings (SSSR count). The van der Waals surface area contributed by atoms with Gasteiger partial charge in [0, 0.05) is 0 Å². The highest BCUT2D eigenvalue weighted by Gasteiger charge is 2.14. The maximum Gasteiger partial charge on any atom is 0.296 e. The van der Waals surface area contributed by atoms with Crippen LogP contribution in [0.3, 0.4) is 0 Å². The van der Waals surface area contributed by atoms with Crippen LogP contribution in [-0.4, -0.2) is 15.0 Å². The first-order valence-corrected chi connectivity index (χ1v) is 8.78. The molecule has 114 valence electrons. The molecule has 0 saturated carbocycles. The standard InChI is InChI=1S/C16H26O3S/c1-3-4-5-6-7-8-9-14-19-20(17,18)16-12-10-15(2)11-13-16/h10-13H,3-9,14H2,1-2H3/i14D. The maximum absolute atomic E-state index is 12.0. The van der Waals surface area contributed by atoms with E-state index in [0.29, 0.717) is 6.42 Å². The predicted molar refractivity (Wildman–Crippen MR) is 82.3 cm³/mol. The van der Waals surface area contributed by atoms with Crippen molar-refractivity contribution in [1.82, 2.24) is 0 Å². The summed E-state index contributed by atoms with van der Waals surface area (Å²) in [5.41, 5.74) is 0.989. The van der Waals surface area contributed by atoms with Crippen molar-refractivity contribution in [2.75, 3.05) is 6.58 Å². The summed E-state index contributed by atoms with van der Waals surface area (Å²) in [7, 11) is -3.82. The van der Waals surface area contributed by atoms with Crippen molar-refractivity contribution in [2.45, 2.75) is 63.7 Å². The fourth-order valence-corrected chi connectivity index (χ4v) is 2.76. The van der Waals surface area contributed by atoms with E-state index in [4.69, 9.17) is 5.55 Å². The lowest BCUT2D eigenvalue weighted by molar-refractivity contribution is 0.306. The summed E-state index contributed by atoms with van der Waals surface area (Å²) in [4.78, 5) is 0.119. The van der Waals surface area contributed by atoms with Crippen LogP contribution < -0.4 is 0 Å². The summed E-state index contributed by atoms with van der Waals surface area (Å²) in [5, 5.41) is 0. The molecule has 0 bridgehead atoms. The van der Waals surface area contributed by atoms with Crippen molar-refractivity contribution in [2.24, 2.45) is 0 Å². The van der Waals surface area contributed by atoms with Gasteiger partial charge in [-0.25, -0.2) is 0 Å². The van der Waals surface area contributed by atoms with E-state index in [1.807, 2.05) is 6.92 Å². The molecule has 0 spiro atoms. The lowest BCUT2D eigenvalue weighted by atomic mass is 10.1. The molecule has 0 aliphatic heterocycles. The summed E-state index contributed by atoms with van der Waals surface area (Å²) < 4.78 is 36.6. The van der Waals surface area contributed by atoms with E-state index in [0.717, 1.165) is 24.8 Å². The number of benzene rings is 1. The number of hydrogen-bond acceptors (Lipinski definition) is 3. The van der Waals surface area contributed by atoms with Gasteiger partial charge in [-0.2, -0.15) is 8.42 Å². The molecular formula is C16H26O3S. The van der Waals surface area contributed by atoms with Crippen LogP contribution in [-0.2, 0) is 14.3 Å². The van der Waals surface area contributed by atoms with E-state index < -0.39 is 16.7 Å². The molecule has 0 saturated heterocycles. The SMILES string of the molecule is [2H]C(CCCCCCCC)OS(=O)(=O)c1ccc(C)cc1. The van der Waals surface area contributed by atoms with Crippen LogP contribution in [0.5, 0.6) is 0 Å². The minimum Gasteiger partial charge on any atom is -0.266 e. The van der Waals surface area contributed by atoms with Gasteiger partial charge in [0.2, 0.25) is 0 Å². The first kappa shape index (κ1) is 15.5. The summed E-state index contributed by atoms with van der Waals surface area (Å²) in [6.07, 6.45) is 7.12. The van der Waals surface area contributed by atoms with Gasteiger partial charge in [0.15, 0.2) is 0 Å². The van der Waals surface area contributed by atoms with E-state index in [2.05, 4.69) is 6.92 Å². The van der Waals surface area contributed by atoms with Crippen molar-refractivity contribution in [3.8, 4) is 0 Å². The highest BCUT2D eigenvalue weighted by atomic mass is 32.2. The second-order valence-electron chi connectivity index (χ2n) is 5.09. The van der Waals surface area contributed by atoms with Gasteiger partial charge in [-0.05, 0) is 25.5 Å². The van der Waals surface area contributed by atoms with Gasteiger partial charge < -0.3 is 0 Å². The van der Waals surface area contributed by atoms with E-state index >= 15 is 0 Å². The number of aryl methyl sites for hydroxylation is 1. The Morgan fingerprint density at radius 2 is 1.55 bits per heavy atom. The Kier molecular flexibility index (Phi) is 7.09. The number of hydrogen-bond donors (Lipinski definition) is 0. The molecular weight excluding hydrogens is 272 g/mol. The molecule has 0 aliphatic carbocycles. The topological polar surface area (TPSA) is 43.4 Å². The van der Waals surface area contributed by atoms with Crippen LogP contribution in [0.1, 0.15) is 58.8 Å². The summed E-state index contributed by atoms with van der Waals surface area (Å²) >= 11 is 0. The molecule has 3 nitrogen and oxygen atoms in total. The monoisotopic (exact) mass is 299 g/mol. The van der Waals surface area contributed by atoms with Gasteiger partial charge in [-0.3, -0.25) is 4.18 Å². The van der Waals surface area contributed by atoms with E-state index in [9.17, 15) is 8.42 Å². The molecule has 0 aromatic heterocycles. The molecule has 0 aliphatic rings. The zero-order valence-electron chi connectivity index (χ0n) is 13.5. The smallest absolute Gasteiger partial charge is 0.266 e. The van der Waals surface area contributed by atoms with Crippen molar-refractivity contribution in [1.29, 1.82) is 0 Å². The van der Waals surface area contributed by atoms with Crippen LogP contribution in [0, 0.1) is 6.92 Å². The zero-order chi connectivity index (χ0) is 15.7. The average Bonchev–Trinajstić information content (AvgIpc) is 2.42. The van der Waals surface area contributed by atoms with Gasteiger partial charge in [-0.1, -0.05) is 63.1 Å². The molecule has 0 heterocycles. The quantitative estimate of drug-likeness (QED) is 0.473. The average molecular weight is 299 g/mol. The Morgan fingerprint density at radius 3 is 2.15 bits per heavy atom. The van der Waals surface area contributed by atoms with Crippen molar-refractivity contribution >= 4 is 10.1 Å². The molecule has 0 radical (unpaired) electrons. The molecule has 1 aromatic carbocycles. The highest BCUT2D eigenvalue weighted by molar-refractivity contribution is 7.86. The summed E-state index contributed by atoms with van der Waals surface area (Å²) in [6, 6.07) is 6.48. The van der Waals surface area contributed by atoms with E-state index in [-0.39, 0.29) is 4.90 Å². The first-order chi connectivity index (χ1) is 9.95. The predicted octanol–water partition coefficient (Wildman–Crippen LogP) is 4.45. The number of rotatable bonds is 10. The third kappa shape index (κ3) is 6.53. The van der Waals surface area contributed by atoms with E-state index in [1.54, 1.807) is 12.1 Å². The fourth-order valence-electron chi connectivity index (χ4n) is 1.91. The first-order valence-electron chi connectivity index (χ1n) is 7.95. The molecule has 0 N–H and O–H groups in total.